The van der Waals surface area contributed by atoms with Gasteiger partial charge in [0.05, 0.1) is 12.8 Å². The number of nitrogens with one attached hydrogen (secondary N) is 3. The maximum Gasteiger partial charge on any atom is 0.322 e. The van der Waals surface area contributed by atoms with E-state index in [0.29, 0.717) is 11.4 Å². The summed E-state index contributed by atoms with van der Waals surface area (Å²) >= 11 is 0. The number of hydrogen-bond donors (Lipinski definition) is 3. The van der Waals surface area contributed by atoms with E-state index in [1.54, 1.807) is 30.0 Å². The topological polar surface area (TPSA) is 114 Å². The van der Waals surface area contributed by atoms with Gasteiger partial charge in [-0.15, -0.1) is 0 Å². The molecule has 9 nitrogen and oxygen atoms in total. The van der Waals surface area contributed by atoms with Crippen LogP contribution in [0.3, 0.4) is 0 Å². The van der Waals surface area contributed by atoms with Crippen LogP contribution in [-0.4, -0.2) is 40.8 Å². The van der Waals surface area contributed by atoms with Gasteiger partial charge in [-0.25, -0.2) is 9.48 Å². The number of aryl methyl sites for hydroxylation is 2. The first-order valence-electron chi connectivity index (χ1n) is 8.50. The normalized spacial score (nSPS) is 16.9. The summed E-state index contributed by atoms with van der Waals surface area (Å²) in [7, 11) is 1.54. The number of nitrogens with zero attached hydrogens (tertiary/aromatic N) is 2. The molecule has 27 heavy (non-hydrogen) atoms. The van der Waals surface area contributed by atoms with Crippen molar-refractivity contribution >= 4 is 23.5 Å². The molecule has 0 aliphatic carbocycles. The summed E-state index contributed by atoms with van der Waals surface area (Å²) in [6, 6.07) is 5.71. The molecule has 1 fully saturated rings. The number of aromatic nitrogens is 2. The van der Waals surface area contributed by atoms with Crippen LogP contribution in [0.1, 0.15) is 24.2 Å². The van der Waals surface area contributed by atoms with Crippen LogP contribution in [0.2, 0.25) is 0 Å². The first kappa shape index (κ1) is 18.4. The average Bonchev–Trinajstić information content (AvgIpc) is 2.85. The second-order valence-electron chi connectivity index (χ2n) is 6.33. The number of benzene rings is 1. The van der Waals surface area contributed by atoms with Gasteiger partial charge in [-0.3, -0.25) is 14.9 Å². The third kappa shape index (κ3) is 4.08. The molecule has 0 saturated carbocycles. The SMILES string of the molecule is COc1cc(NC(=O)C2CCC(=O)NC(=O)N2)ccc1-n1nc(C)cc1C. The van der Waals surface area contributed by atoms with E-state index < -0.39 is 23.9 Å². The van der Waals surface area contributed by atoms with E-state index in [9.17, 15) is 14.4 Å². The van der Waals surface area contributed by atoms with Crippen molar-refractivity contribution in [2.45, 2.75) is 32.7 Å². The zero-order valence-corrected chi connectivity index (χ0v) is 15.3. The molecule has 0 bridgehead atoms. The Labute approximate surface area is 156 Å². The van der Waals surface area contributed by atoms with Gasteiger partial charge in [0, 0.05) is 23.9 Å². The Morgan fingerprint density at radius 1 is 1.30 bits per heavy atom. The van der Waals surface area contributed by atoms with Crippen LogP contribution in [0, 0.1) is 13.8 Å². The second kappa shape index (κ2) is 7.48. The van der Waals surface area contributed by atoms with Crippen LogP contribution in [0.15, 0.2) is 24.3 Å². The molecule has 1 aliphatic rings. The third-order valence-corrected chi connectivity index (χ3v) is 4.22. The number of imide groups is 1. The minimum Gasteiger partial charge on any atom is -0.494 e. The minimum atomic E-state index is -0.793. The maximum absolute atomic E-state index is 12.5. The molecule has 4 amide bonds. The van der Waals surface area contributed by atoms with E-state index in [0.717, 1.165) is 17.1 Å². The Morgan fingerprint density at radius 3 is 2.74 bits per heavy atom. The Bertz CT molecular complexity index is 905. The largest absolute Gasteiger partial charge is 0.494 e. The molecule has 0 spiro atoms. The van der Waals surface area contributed by atoms with Crippen LogP contribution in [0.25, 0.3) is 5.69 Å². The maximum atomic E-state index is 12.5. The van der Waals surface area contributed by atoms with Gasteiger partial charge in [-0.2, -0.15) is 5.10 Å². The fourth-order valence-corrected chi connectivity index (χ4v) is 2.96. The van der Waals surface area contributed by atoms with Crippen molar-refractivity contribution in [2.75, 3.05) is 12.4 Å². The van der Waals surface area contributed by atoms with Crippen LogP contribution < -0.4 is 20.7 Å². The number of methoxy groups -OCH3 is 1. The highest BCUT2D eigenvalue weighted by Crippen LogP contribution is 2.27. The van der Waals surface area contributed by atoms with E-state index in [4.69, 9.17) is 4.74 Å². The smallest absolute Gasteiger partial charge is 0.322 e. The van der Waals surface area contributed by atoms with E-state index in [1.807, 2.05) is 19.9 Å². The highest BCUT2D eigenvalue weighted by atomic mass is 16.5. The zero-order valence-electron chi connectivity index (χ0n) is 15.3. The van der Waals surface area contributed by atoms with Crippen molar-refractivity contribution in [3.05, 3.63) is 35.7 Å². The van der Waals surface area contributed by atoms with Crippen LogP contribution in [-0.2, 0) is 9.59 Å². The standard InChI is InChI=1S/C18H21N5O4/c1-10-8-11(2)23(22-10)14-6-4-12(9-15(14)27-3)19-17(25)13-5-7-16(24)21-18(26)20-13/h4,6,8-9,13H,5,7H2,1-3H3,(H,19,25)(H2,20,21,24,26). The van der Waals surface area contributed by atoms with Gasteiger partial charge in [-0.1, -0.05) is 0 Å². The van der Waals surface area contributed by atoms with E-state index in [-0.39, 0.29) is 12.8 Å². The molecule has 1 aromatic heterocycles. The van der Waals surface area contributed by atoms with Crippen molar-refractivity contribution in [1.29, 1.82) is 0 Å². The molecule has 3 N–H and O–H groups in total. The second-order valence-corrected chi connectivity index (χ2v) is 6.33. The van der Waals surface area contributed by atoms with Gasteiger partial charge < -0.3 is 15.4 Å². The predicted molar refractivity (Wildman–Crippen MR) is 97.9 cm³/mol. The molecular weight excluding hydrogens is 350 g/mol. The monoisotopic (exact) mass is 371 g/mol. The molecule has 0 radical (unpaired) electrons. The number of ether oxygens (including phenoxy) is 1. The summed E-state index contributed by atoms with van der Waals surface area (Å²) in [6.07, 6.45) is 0.321. The Kier molecular flexibility index (Phi) is 5.11. The molecule has 2 aromatic rings. The number of carbonyl (C=O) groups excluding carboxylic acids is 3. The predicted octanol–water partition coefficient (Wildman–Crippen LogP) is 1.42. The van der Waals surface area contributed by atoms with Crippen molar-refractivity contribution < 1.29 is 19.1 Å². The van der Waals surface area contributed by atoms with Gasteiger partial charge >= 0.3 is 6.03 Å². The fraction of sp³-hybridized carbons (Fsp3) is 0.333. The van der Waals surface area contributed by atoms with E-state index in [1.165, 1.54) is 0 Å². The lowest BCUT2D eigenvalue weighted by atomic mass is 10.1. The molecule has 3 rings (SSSR count). The quantitative estimate of drug-likeness (QED) is 0.752. The highest BCUT2D eigenvalue weighted by molar-refractivity contribution is 6.01. The fourth-order valence-electron chi connectivity index (χ4n) is 2.96. The molecule has 1 unspecified atom stereocenters. The lowest BCUT2D eigenvalue weighted by Gasteiger charge is -2.16. The number of rotatable bonds is 4. The summed E-state index contributed by atoms with van der Waals surface area (Å²) in [6.45, 7) is 3.85. The molecule has 1 saturated heterocycles. The van der Waals surface area contributed by atoms with Crippen molar-refractivity contribution in [3.8, 4) is 11.4 Å². The summed E-state index contributed by atoms with van der Waals surface area (Å²) in [5.74, 6) is -0.264. The summed E-state index contributed by atoms with van der Waals surface area (Å²) < 4.78 is 7.21. The molecular formula is C18H21N5O4. The first-order chi connectivity index (χ1) is 12.9. The van der Waals surface area contributed by atoms with Gasteiger partial charge in [-0.05, 0) is 38.5 Å². The molecule has 1 aliphatic heterocycles. The number of amides is 4. The van der Waals surface area contributed by atoms with Crippen LogP contribution in [0.5, 0.6) is 5.75 Å². The molecule has 2 heterocycles. The number of urea groups is 1. The van der Waals surface area contributed by atoms with Gasteiger partial charge in [0.2, 0.25) is 11.8 Å². The van der Waals surface area contributed by atoms with Crippen molar-refractivity contribution in [2.24, 2.45) is 0 Å². The minimum absolute atomic E-state index is 0.0943. The van der Waals surface area contributed by atoms with Gasteiger partial charge in [0.1, 0.15) is 17.5 Å². The Morgan fingerprint density at radius 2 is 2.07 bits per heavy atom. The summed E-state index contributed by atoms with van der Waals surface area (Å²) in [5, 5.41) is 11.8. The van der Waals surface area contributed by atoms with Crippen molar-refractivity contribution in [1.82, 2.24) is 20.4 Å². The lowest BCUT2D eigenvalue weighted by Crippen LogP contribution is -2.46. The Balaban J connectivity index is 1.79. The molecule has 142 valence electrons. The third-order valence-electron chi connectivity index (χ3n) is 4.22. The number of hydrogen-bond acceptors (Lipinski definition) is 5. The Hall–Kier alpha value is -3.36. The van der Waals surface area contributed by atoms with E-state index in [2.05, 4.69) is 21.0 Å². The number of carbonyl (C=O) groups is 3. The van der Waals surface area contributed by atoms with Gasteiger partial charge in [0.15, 0.2) is 0 Å². The first-order valence-corrected chi connectivity index (χ1v) is 8.50. The summed E-state index contributed by atoms with van der Waals surface area (Å²) in [5.41, 5.74) is 3.11. The zero-order chi connectivity index (χ0) is 19.6. The molecule has 1 atom stereocenters. The molecule has 1 aromatic carbocycles. The average molecular weight is 371 g/mol. The van der Waals surface area contributed by atoms with Gasteiger partial charge in [0.25, 0.3) is 0 Å². The van der Waals surface area contributed by atoms with Crippen LogP contribution in [0.4, 0.5) is 10.5 Å². The van der Waals surface area contributed by atoms with Crippen molar-refractivity contribution in [3.63, 3.8) is 0 Å². The van der Waals surface area contributed by atoms with Crippen LogP contribution >= 0.6 is 0 Å². The lowest BCUT2D eigenvalue weighted by molar-refractivity contribution is -0.120. The summed E-state index contributed by atoms with van der Waals surface area (Å²) in [4.78, 5) is 35.4. The van der Waals surface area contributed by atoms with E-state index >= 15 is 0 Å². The number of anilines is 1. The molecule has 9 heteroatoms. The highest BCUT2D eigenvalue weighted by Gasteiger charge is 2.26.